The van der Waals surface area contributed by atoms with Gasteiger partial charge in [0, 0.05) is 0 Å². The van der Waals surface area contributed by atoms with Crippen molar-refractivity contribution in [3.63, 3.8) is 0 Å². The number of rotatable bonds is 12. The lowest BCUT2D eigenvalue weighted by Gasteiger charge is -2.24. The van der Waals surface area contributed by atoms with Gasteiger partial charge in [0.15, 0.2) is 5.78 Å². The molecule has 4 atom stereocenters. The van der Waals surface area contributed by atoms with E-state index in [1.807, 2.05) is 13.8 Å². The number of alkyl halides is 2. The van der Waals surface area contributed by atoms with Crippen molar-refractivity contribution in [1.29, 1.82) is 0 Å². The Morgan fingerprint density at radius 2 is 1.78 bits per heavy atom. The van der Waals surface area contributed by atoms with Crippen molar-refractivity contribution in [1.82, 2.24) is 10.6 Å². The first kappa shape index (κ1) is 23.4. The van der Waals surface area contributed by atoms with Crippen LogP contribution in [-0.4, -0.2) is 61.1 Å². The highest BCUT2D eigenvalue weighted by atomic mass is 19.3. The molecular formula is C17H29F2N3O5. The van der Waals surface area contributed by atoms with Crippen LogP contribution >= 0.6 is 0 Å². The van der Waals surface area contributed by atoms with Crippen LogP contribution in [0.1, 0.15) is 40.5 Å². The number of hydrogen-bond donors (Lipinski definition) is 3. The highest BCUT2D eigenvalue weighted by Crippen LogP contribution is 2.29. The molecule has 1 fully saturated rings. The second-order valence-corrected chi connectivity index (χ2v) is 7.33. The van der Waals surface area contributed by atoms with E-state index < -0.39 is 42.2 Å². The Balaban J connectivity index is 2.54. The molecule has 1 rings (SSSR count). The maximum absolute atomic E-state index is 12.5. The number of carbonyl (C=O) groups excluding carboxylic acids is 3. The minimum absolute atomic E-state index is 0.116. The van der Waals surface area contributed by atoms with Crippen LogP contribution in [0.25, 0.3) is 0 Å². The number of nitrogens with one attached hydrogen (secondary N) is 2. The van der Waals surface area contributed by atoms with Gasteiger partial charge in [-0.05, 0) is 32.6 Å². The number of nitrogens with two attached hydrogens (primary N) is 1. The van der Waals surface area contributed by atoms with Crippen molar-refractivity contribution >= 4 is 17.6 Å². The number of ether oxygens (including phenoxy) is 2. The summed E-state index contributed by atoms with van der Waals surface area (Å²) in [5.41, 5.74) is 4.72. The third-order valence-corrected chi connectivity index (χ3v) is 4.20. The van der Waals surface area contributed by atoms with Gasteiger partial charge in [-0.15, -0.1) is 0 Å². The van der Waals surface area contributed by atoms with Crippen LogP contribution in [-0.2, 0) is 23.9 Å². The average molecular weight is 393 g/mol. The molecule has 0 bridgehead atoms. The van der Waals surface area contributed by atoms with E-state index >= 15 is 0 Å². The molecule has 1 heterocycles. The van der Waals surface area contributed by atoms with Gasteiger partial charge < -0.3 is 25.8 Å². The van der Waals surface area contributed by atoms with Crippen LogP contribution in [0.2, 0.25) is 0 Å². The Kier molecular flexibility index (Phi) is 8.70. The minimum atomic E-state index is -2.93. The van der Waals surface area contributed by atoms with Crippen LogP contribution in [0.3, 0.4) is 0 Å². The molecule has 4 N–H and O–H groups in total. The molecule has 27 heavy (non-hydrogen) atoms. The van der Waals surface area contributed by atoms with Gasteiger partial charge in [0.1, 0.15) is 11.6 Å². The zero-order valence-electron chi connectivity index (χ0n) is 16.1. The maximum atomic E-state index is 12.5. The fraction of sp³-hybridized carbons (Fsp3) is 0.824. The minimum Gasteiger partial charge on any atom is -0.361 e. The second kappa shape index (κ2) is 10.0. The highest BCUT2D eigenvalue weighted by molar-refractivity contribution is 5.98. The predicted molar refractivity (Wildman–Crippen MR) is 92.9 cm³/mol. The van der Waals surface area contributed by atoms with Crippen LogP contribution in [0.15, 0.2) is 0 Å². The number of halogens is 2. The Hall–Kier alpha value is -1.65. The zero-order valence-corrected chi connectivity index (χ0v) is 16.1. The molecule has 2 amide bonds. The number of amides is 2. The van der Waals surface area contributed by atoms with Crippen molar-refractivity contribution in [2.75, 3.05) is 13.2 Å². The molecule has 0 aromatic heterocycles. The van der Waals surface area contributed by atoms with Gasteiger partial charge in [0.25, 0.3) is 0 Å². The van der Waals surface area contributed by atoms with Crippen molar-refractivity contribution in [3.05, 3.63) is 0 Å². The van der Waals surface area contributed by atoms with Crippen LogP contribution in [0.5, 0.6) is 0 Å². The predicted octanol–water partition coefficient (Wildman–Crippen LogP) is 0.337. The van der Waals surface area contributed by atoms with Gasteiger partial charge in [0.05, 0.1) is 25.3 Å². The first-order chi connectivity index (χ1) is 12.5. The van der Waals surface area contributed by atoms with Crippen molar-refractivity contribution in [3.8, 4) is 0 Å². The molecule has 1 saturated heterocycles. The fourth-order valence-electron chi connectivity index (χ4n) is 2.42. The quantitative estimate of drug-likeness (QED) is 0.411. The molecule has 0 aliphatic carbocycles. The molecular weight excluding hydrogens is 364 g/mol. The summed E-state index contributed by atoms with van der Waals surface area (Å²) in [6, 6.07) is -2.77. The van der Waals surface area contributed by atoms with Gasteiger partial charge >= 0.3 is 6.61 Å². The Morgan fingerprint density at radius 1 is 1.19 bits per heavy atom. The van der Waals surface area contributed by atoms with Crippen LogP contribution in [0, 0.1) is 5.92 Å². The summed E-state index contributed by atoms with van der Waals surface area (Å²) in [5.74, 6) is -1.25. The normalized spacial score (nSPS) is 22.3. The van der Waals surface area contributed by atoms with Gasteiger partial charge in [-0.1, -0.05) is 13.8 Å². The van der Waals surface area contributed by atoms with E-state index in [4.69, 9.17) is 10.5 Å². The van der Waals surface area contributed by atoms with Crippen LogP contribution in [0.4, 0.5) is 8.78 Å². The lowest BCUT2D eigenvalue weighted by Crippen LogP contribution is -2.54. The standard InChI is InChI=1S/C17H29F2N3O5/c1-9(2)7-12(13(23)17(4)8-27-17)22-14(24)10(3)21-15(25)11(20)5-6-26-16(18)19/h9-12,16H,5-8,20H2,1-4H3,(H,21,25)(H,22,24)/t10-,11?,12?,17?/m0/s1. The first-order valence-corrected chi connectivity index (χ1v) is 8.90. The summed E-state index contributed by atoms with van der Waals surface area (Å²) in [6.07, 6.45) is 0.323. The zero-order chi connectivity index (χ0) is 20.8. The van der Waals surface area contributed by atoms with E-state index in [2.05, 4.69) is 15.4 Å². The summed E-state index contributed by atoms with van der Waals surface area (Å²) < 4.78 is 33.0. The molecule has 1 aliphatic heterocycles. The Labute approximate surface area is 157 Å². The summed E-state index contributed by atoms with van der Waals surface area (Å²) in [5, 5.41) is 5.06. The summed E-state index contributed by atoms with van der Waals surface area (Å²) >= 11 is 0. The number of carbonyl (C=O) groups is 3. The lowest BCUT2D eigenvalue weighted by molar-refractivity contribution is -0.136. The fourth-order valence-corrected chi connectivity index (χ4v) is 2.42. The maximum Gasteiger partial charge on any atom is 0.345 e. The summed E-state index contributed by atoms with van der Waals surface area (Å²) in [7, 11) is 0. The van der Waals surface area contributed by atoms with Crippen LogP contribution < -0.4 is 16.4 Å². The first-order valence-electron chi connectivity index (χ1n) is 8.90. The smallest absolute Gasteiger partial charge is 0.345 e. The average Bonchev–Trinajstić information content (AvgIpc) is 3.31. The Morgan fingerprint density at radius 3 is 2.26 bits per heavy atom. The van der Waals surface area contributed by atoms with Gasteiger partial charge in [-0.25, -0.2) is 0 Å². The largest absolute Gasteiger partial charge is 0.361 e. The third-order valence-electron chi connectivity index (χ3n) is 4.20. The summed E-state index contributed by atoms with van der Waals surface area (Å²) in [4.78, 5) is 36.8. The molecule has 3 unspecified atom stereocenters. The van der Waals surface area contributed by atoms with E-state index in [0.29, 0.717) is 13.0 Å². The van der Waals surface area contributed by atoms with Crippen molar-refractivity contribution < 1.29 is 32.6 Å². The molecule has 0 aromatic carbocycles. The number of Topliss-reactive ketones (excluding diaryl/α,β-unsaturated/α-hetero) is 1. The number of epoxide rings is 1. The lowest BCUT2D eigenvalue weighted by atomic mass is 9.93. The molecule has 0 spiro atoms. The molecule has 156 valence electrons. The van der Waals surface area contributed by atoms with E-state index in [0.717, 1.165) is 0 Å². The van der Waals surface area contributed by atoms with E-state index in [-0.39, 0.29) is 24.7 Å². The van der Waals surface area contributed by atoms with E-state index in [9.17, 15) is 23.2 Å². The second-order valence-electron chi connectivity index (χ2n) is 7.33. The molecule has 0 radical (unpaired) electrons. The molecule has 1 aliphatic rings. The molecule has 8 nitrogen and oxygen atoms in total. The van der Waals surface area contributed by atoms with E-state index in [1.54, 1.807) is 6.92 Å². The monoisotopic (exact) mass is 393 g/mol. The SMILES string of the molecule is CC(C)CC(NC(=O)[C@H](C)NC(=O)C(N)CCOC(F)F)C(=O)C1(C)CO1. The van der Waals surface area contributed by atoms with E-state index in [1.165, 1.54) is 6.92 Å². The number of ketones is 1. The molecule has 0 saturated carbocycles. The third kappa shape index (κ3) is 7.86. The number of hydrogen-bond acceptors (Lipinski definition) is 6. The molecule has 0 aromatic rings. The van der Waals surface area contributed by atoms with Gasteiger partial charge in [0.2, 0.25) is 11.8 Å². The highest BCUT2D eigenvalue weighted by Gasteiger charge is 2.50. The Bertz CT molecular complexity index is 541. The topological polar surface area (TPSA) is 123 Å². The van der Waals surface area contributed by atoms with Gasteiger partial charge in [-0.2, -0.15) is 8.78 Å². The van der Waals surface area contributed by atoms with Crippen molar-refractivity contribution in [2.45, 2.75) is 70.9 Å². The summed E-state index contributed by atoms with van der Waals surface area (Å²) in [6.45, 7) is 3.97. The molecule has 10 heteroatoms. The van der Waals surface area contributed by atoms with Crippen molar-refractivity contribution in [2.24, 2.45) is 11.7 Å². The van der Waals surface area contributed by atoms with Gasteiger partial charge in [-0.3, -0.25) is 14.4 Å².